The fraction of sp³-hybridized carbons (Fsp3) is 0.667. The summed E-state index contributed by atoms with van der Waals surface area (Å²) >= 11 is 0. The van der Waals surface area contributed by atoms with Crippen molar-refractivity contribution in [3.05, 3.63) is 29.8 Å². The maximum atomic E-state index is 13.1. The third-order valence-corrected chi connectivity index (χ3v) is 6.25. The molecule has 4 rings (SSSR count). The van der Waals surface area contributed by atoms with Gasteiger partial charge in [-0.05, 0) is 58.7 Å². The number of benzene rings is 1. The van der Waals surface area contributed by atoms with E-state index in [2.05, 4.69) is 31.1 Å². The first-order chi connectivity index (χ1) is 12.6. The summed E-state index contributed by atoms with van der Waals surface area (Å²) < 4.78 is 12.3. The van der Waals surface area contributed by atoms with Crippen molar-refractivity contribution in [1.82, 2.24) is 9.80 Å². The van der Waals surface area contributed by atoms with Crippen molar-refractivity contribution >= 4 is 5.91 Å². The second kappa shape index (κ2) is 7.20. The molecule has 2 heterocycles. The molecule has 0 aromatic heterocycles. The van der Waals surface area contributed by atoms with Crippen molar-refractivity contribution in [3.63, 3.8) is 0 Å². The monoisotopic (exact) mass is 358 g/mol. The van der Waals surface area contributed by atoms with Gasteiger partial charge in [-0.3, -0.25) is 4.79 Å². The van der Waals surface area contributed by atoms with Crippen LogP contribution in [0.1, 0.15) is 44.1 Å². The van der Waals surface area contributed by atoms with Gasteiger partial charge >= 0.3 is 0 Å². The summed E-state index contributed by atoms with van der Waals surface area (Å²) in [6.07, 6.45) is 5.74. The van der Waals surface area contributed by atoms with Gasteiger partial charge < -0.3 is 19.3 Å². The molecule has 2 aliphatic heterocycles. The Balaban J connectivity index is 1.59. The van der Waals surface area contributed by atoms with E-state index in [0.29, 0.717) is 25.7 Å². The molecule has 5 nitrogen and oxygen atoms in total. The third kappa shape index (κ3) is 3.47. The number of rotatable bonds is 2. The molecule has 1 saturated heterocycles. The van der Waals surface area contributed by atoms with Gasteiger partial charge in [0.2, 0.25) is 0 Å². The van der Waals surface area contributed by atoms with Gasteiger partial charge in [-0.2, -0.15) is 0 Å². The zero-order chi connectivity index (χ0) is 18.1. The van der Waals surface area contributed by atoms with E-state index >= 15 is 0 Å². The number of carbonyl (C=O) groups is 1. The predicted octanol–water partition coefficient (Wildman–Crippen LogP) is 2.83. The average Bonchev–Trinajstić information content (AvgIpc) is 3.12. The Bertz CT molecular complexity index is 646. The first-order valence-electron chi connectivity index (χ1n) is 9.90. The van der Waals surface area contributed by atoms with Crippen LogP contribution in [0.4, 0.5) is 0 Å². The normalized spacial score (nSPS) is 31.6. The Labute approximate surface area is 156 Å². The van der Waals surface area contributed by atoms with Gasteiger partial charge in [-0.15, -0.1) is 0 Å². The molecular weight excluding hydrogens is 328 g/mol. The standard InChI is InChI=1S/C21H30N2O3/c1-22(2)17-9-11-21(12-10-17)15-23(20(24)19-8-5-13-25-19)14-16-6-3-4-7-18(16)26-21/h3-4,6-7,17,19H,5,8-15H2,1-2H3/t17?,19-,21?/m1/s1. The predicted molar refractivity (Wildman–Crippen MR) is 100 cm³/mol. The van der Waals surface area contributed by atoms with Crippen molar-refractivity contribution in [1.29, 1.82) is 0 Å². The smallest absolute Gasteiger partial charge is 0.252 e. The van der Waals surface area contributed by atoms with Crippen LogP contribution >= 0.6 is 0 Å². The molecule has 1 aromatic carbocycles. The summed E-state index contributed by atoms with van der Waals surface area (Å²) in [7, 11) is 4.30. The maximum Gasteiger partial charge on any atom is 0.252 e. The minimum Gasteiger partial charge on any atom is -0.485 e. The lowest BCUT2D eigenvalue weighted by Crippen LogP contribution is -2.53. The quantitative estimate of drug-likeness (QED) is 0.815. The van der Waals surface area contributed by atoms with Crippen LogP contribution in [0.3, 0.4) is 0 Å². The first-order valence-corrected chi connectivity index (χ1v) is 9.90. The van der Waals surface area contributed by atoms with Crippen molar-refractivity contribution in [2.75, 3.05) is 27.2 Å². The molecule has 1 spiro atoms. The van der Waals surface area contributed by atoms with Gasteiger partial charge in [0.05, 0.1) is 6.54 Å². The highest BCUT2D eigenvalue weighted by atomic mass is 16.5. The molecule has 1 atom stereocenters. The number of hydrogen-bond acceptors (Lipinski definition) is 4. The molecular formula is C21H30N2O3. The van der Waals surface area contributed by atoms with Gasteiger partial charge in [-0.25, -0.2) is 0 Å². The molecule has 142 valence electrons. The Morgan fingerprint density at radius 3 is 2.65 bits per heavy atom. The fourth-order valence-electron chi connectivity index (χ4n) is 4.65. The van der Waals surface area contributed by atoms with Gasteiger partial charge in [0.25, 0.3) is 5.91 Å². The van der Waals surface area contributed by atoms with Gasteiger partial charge in [0.15, 0.2) is 0 Å². The molecule has 0 unspecified atom stereocenters. The summed E-state index contributed by atoms with van der Waals surface area (Å²) in [5.74, 6) is 1.08. The van der Waals surface area contributed by atoms with Crippen LogP contribution in [-0.2, 0) is 16.1 Å². The molecule has 1 aromatic rings. The van der Waals surface area contributed by atoms with Crippen molar-refractivity contribution in [3.8, 4) is 5.75 Å². The van der Waals surface area contributed by atoms with Crippen LogP contribution in [0.25, 0.3) is 0 Å². The van der Waals surface area contributed by atoms with E-state index in [-0.39, 0.29) is 17.6 Å². The molecule has 5 heteroatoms. The molecule has 1 aliphatic carbocycles. The number of fused-ring (bicyclic) bond motifs is 1. The first kappa shape index (κ1) is 17.8. The van der Waals surface area contributed by atoms with Crippen LogP contribution in [0.5, 0.6) is 5.75 Å². The number of amides is 1. The summed E-state index contributed by atoms with van der Waals surface area (Å²) in [6, 6.07) is 8.78. The Kier molecular flexibility index (Phi) is 4.93. The molecule has 0 bridgehead atoms. The van der Waals surface area contributed by atoms with Gasteiger partial charge in [0, 0.05) is 24.8 Å². The molecule has 1 amide bonds. The topological polar surface area (TPSA) is 42.0 Å². The van der Waals surface area contributed by atoms with Gasteiger partial charge in [-0.1, -0.05) is 18.2 Å². The number of hydrogen-bond donors (Lipinski definition) is 0. The van der Waals surface area contributed by atoms with Crippen LogP contribution in [-0.4, -0.2) is 60.7 Å². The maximum absolute atomic E-state index is 13.1. The number of carbonyl (C=O) groups excluding carboxylic acids is 1. The Hall–Kier alpha value is -1.59. The van der Waals surface area contributed by atoms with Crippen molar-refractivity contribution in [2.45, 2.75) is 62.8 Å². The molecule has 0 radical (unpaired) electrons. The van der Waals surface area contributed by atoms with E-state index in [1.54, 1.807) is 0 Å². The molecule has 3 aliphatic rings. The highest BCUT2D eigenvalue weighted by Crippen LogP contribution is 2.39. The zero-order valence-corrected chi connectivity index (χ0v) is 15.9. The van der Waals surface area contributed by atoms with E-state index < -0.39 is 0 Å². The lowest BCUT2D eigenvalue weighted by Gasteiger charge is -2.43. The summed E-state index contributed by atoms with van der Waals surface area (Å²) in [6.45, 7) is 1.99. The van der Waals surface area contributed by atoms with Crippen molar-refractivity contribution in [2.24, 2.45) is 0 Å². The molecule has 2 fully saturated rings. The highest BCUT2D eigenvalue weighted by Gasteiger charge is 2.43. The Morgan fingerprint density at radius 1 is 1.19 bits per heavy atom. The number of ether oxygens (including phenoxy) is 2. The Morgan fingerprint density at radius 2 is 1.96 bits per heavy atom. The SMILES string of the molecule is CN(C)C1CCC2(CC1)CN(C(=O)[C@H]1CCCO1)Cc1ccccc1O2. The minimum atomic E-state index is -0.270. The van der Waals surface area contributed by atoms with Crippen LogP contribution in [0, 0.1) is 0 Å². The molecule has 26 heavy (non-hydrogen) atoms. The second-order valence-electron chi connectivity index (χ2n) is 8.28. The summed E-state index contributed by atoms with van der Waals surface area (Å²) in [5.41, 5.74) is 0.832. The summed E-state index contributed by atoms with van der Waals surface area (Å²) in [4.78, 5) is 17.4. The van der Waals surface area contributed by atoms with E-state index in [4.69, 9.17) is 9.47 Å². The van der Waals surface area contributed by atoms with E-state index in [1.807, 2.05) is 17.0 Å². The lowest BCUT2D eigenvalue weighted by molar-refractivity contribution is -0.144. The minimum absolute atomic E-state index is 0.136. The molecule has 1 saturated carbocycles. The van der Waals surface area contributed by atoms with E-state index in [9.17, 15) is 4.79 Å². The fourth-order valence-corrected chi connectivity index (χ4v) is 4.65. The zero-order valence-electron chi connectivity index (χ0n) is 15.9. The average molecular weight is 358 g/mol. The van der Waals surface area contributed by atoms with Crippen LogP contribution in [0.2, 0.25) is 0 Å². The largest absolute Gasteiger partial charge is 0.485 e. The van der Waals surface area contributed by atoms with Crippen LogP contribution < -0.4 is 4.74 Å². The second-order valence-corrected chi connectivity index (χ2v) is 8.28. The van der Waals surface area contributed by atoms with E-state index in [1.165, 1.54) is 0 Å². The summed E-state index contributed by atoms with van der Waals surface area (Å²) in [5, 5.41) is 0. The number of para-hydroxylation sites is 1. The lowest BCUT2D eigenvalue weighted by atomic mass is 9.81. The molecule has 0 N–H and O–H groups in total. The highest BCUT2D eigenvalue weighted by molar-refractivity contribution is 5.81. The van der Waals surface area contributed by atoms with Crippen molar-refractivity contribution < 1.29 is 14.3 Å². The van der Waals surface area contributed by atoms with Crippen LogP contribution in [0.15, 0.2) is 24.3 Å². The van der Waals surface area contributed by atoms with Gasteiger partial charge in [0.1, 0.15) is 17.5 Å². The number of nitrogens with zero attached hydrogens (tertiary/aromatic N) is 2. The van der Waals surface area contributed by atoms with E-state index in [0.717, 1.165) is 49.8 Å². The third-order valence-electron chi connectivity index (χ3n) is 6.25.